The van der Waals surface area contributed by atoms with Crippen LogP contribution in [0, 0.1) is 11.3 Å². The van der Waals surface area contributed by atoms with Crippen molar-refractivity contribution < 1.29 is 27.0 Å². The van der Waals surface area contributed by atoms with Crippen LogP contribution in [0.25, 0.3) is 11.0 Å². The Labute approximate surface area is 141 Å². The molecule has 10 heteroatoms. The van der Waals surface area contributed by atoms with E-state index in [1.807, 2.05) is 23.6 Å². The fourth-order valence-corrected chi connectivity index (χ4v) is 3.18. The standard InChI is InChI=1S/C15H7F4N3O2S/c16-14(17)15(18,19)24-12-5-10-9(4-11(12)23-14)21-13(6-20)22(10)7-8-2-1-3-25-8/h1-5H,7H2. The number of hydrogen-bond acceptors (Lipinski definition) is 5. The largest absolute Gasteiger partial charge is 0.507 e. The van der Waals surface area contributed by atoms with Crippen LogP contribution in [0.15, 0.2) is 29.6 Å². The molecule has 0 saturated carbocycles. The topological polar surface area (TPSA) is 60.1 Å². The lowest BCUT2D eigenvalue weighted by Crippen LogP contribution is -2.52. The highest BCUT2D eigenvalue weighted by atomic mass is 32.1. The summed E-state index contributed by atoms with van der Waals surface area (Å²) in [6, 6.07) is 7.74. The summed E-state index contributed by atoms with van der Waals surface area (Å²) in [6.07, 6.45) is -9.60. The molecule has 0 radical (unpaired) electrons. The van der Waals surface area contributed by atoms with Crippen molar-refractivity contribution in [2.75, 3.05) is 0 Å². The Balaban J connectivity index is 1.87. The van der Waals surface area contributed by atoms with Gasteiger partial charge in [0.1, 0.15) is 6.07 Å². The number of imidazole rings is 1. The first kappa shape index (κ1) is 15.7. The van der Waals surface area contributed by atoms with Gasteiger partial charge in [0.05, 0.1) is 17.6 Å². The zero-order valence-electron chi connectivity index (χ0n) is 12.2. The van der Waals surface area contributed by atoms with E-state index >= 15 is 0 Å². The number of ether oxygens (including phenoxy) is 2. The molecule has 0 fully saturated rings. The number of nitrogens with zero attached hydrogens (tertiary/aromatic N) is 3. The van der Waals surface area contributed by atoms with Gasteiger partial charge in [-0.1, -0.05) is 6.07 Å². The third kappa shape index (κ3) is 2.39. The lowest BCUT2D eigenvalue weighted by Gasteiger charge is -2.31. The summed E-state index contributed by atoms with van der Waals surface area (Å²) < 4.78 is 63.0. The molecule has 0 unspecified atom stereocenters. The predicted octanol–water partition coefficient (Wildman–Crippen LogP) is 3.97. The maximum absolute atomic E-state index is 13.4. The van der Waals surface area contributed by atoms with Gasteiger partial charge in [-0.25, -0.2) is 4.98 Å². The van der Waals surface area contributed by atoms with E-state index in [0.717, 1.165) is 17.0 Å². The Kier molecular flexibility index (Phi) is 3.20. The minimum absolute atomic E-state index is 0.0178. The van der Waals surface area contributed by atoms with Crippen LogP contribution < -0.4 is 9.47 Å². The van der Waals surface area contributed by atoms with Gasteiger partial charge in [0.15, 0.2) is 11.5 Å². The first-order valence-corrected chi connectivity index (χ1v) is 7.79. The molecule has 4 rings (SSSR count). The lowest BCUT2D eigenvalue weighted by atomic mass is 10.2. The highest BCUT2D eigenvalue weighted by Crippen LogP contribution is 2.48. The molecular weight excluding hydrogens is 362 g/mol. The van der Waals surface area contributed by atoms with Crippen molar-refractivity contribution in [1.29, 1.82) is 5.26 Å². The van der Waals surface area contributed by atoms with Crippen LogP contribution in [0.3, 0.4) is 0 Å². The molecule has 0 saturated heterocycles. The third-order valence-corrected chi connectivity index (χ3v) is 4.48. The van der Waals surface area contributed by atoms with E-state index in [2.05, 4.69) is 14.5 Å². The predicted molar refractivity (Wildman–Crippen MR) is 79.0 cm³/mol. The monoisotopic (exact) mass is 369 g/mol. The van der Waals surface area contributed by atoms with Gasteiger partial charge in [-0.3, -0.25) is 0 Å². The zero-order valence-corrected chi connectivity index (χ0v) is 13.0. The maximum Gasteiger partial charge on any atom is 0.507 e. The van der Waals surface area contributed by atoms with Crippen molar-refractivity contribution in [3.63, 3.8) is 0 Å². The van der Waals surface area contributed by atoms with Crippen LogP contribution in [0.1, 0.15) is 10.7 Å². The molecule has 1 aliphatic heterocycles. The average molecular weight is 369 g/mol. The van der Waals surface area contributed by atoms with Gasteiger partial charge in [-0.2, -0.15) is 22.8 Å². The number of rotatable bonds is 2. The molecule has 0 N–H and O–H groups in total. The van der Waals surface area contributed by atoms with Gasteiger partial charge in [-0.15, -0.1) is 11.3 Å². The quantitative estimate of drug-likeness (QED) is 0.642. The molecule has 3 aromatic rings. The molecule has 0 aliphatic carbocycles. The average Bonchev–Trinajstić information content (AvgIpc) is 3.15. The Morgan fingerprint density at radius 1 is 1.16 bits per heavy atom. The molecule has 128 valence electrons. The van der Waals surface area contributed by atoms with E-state index in [-0.39, 0.29) is 17.9 Å². The van der Waals surface area contributed by atoms with Crippen molar-refractivity contribution >= 4 is 22.4 Å². The number of benzene rings is 1. The highest BCUT2D eigenvalue weighted by molar-refractivity contribution is 7.09. The molecular formula is C15H7F4N3O2S. The Morgan fingerprint density at radius 3 is 2.44 bits per heavy atom. The Morgan fingerprint density at radius 2 is 1.84 bits per heavy atom. The van der Waals surface area contributed by atoms with Crippen LogP contribution in [-0.4, -0.2) is 21.8 Å². The highest BCUT2D eigenvalue weighted by Gasteiger charge is 2.66. The van der Waals surface area contributed by atoms with Crippen LogP contribution in [0.5, 0.6) is 11.5 Å². The first-order chi connectivity index (χ1) is 11.8. The number of nitriles is 1. The van der Waals surface area contributed by atoms with E-state index in [4.69, 9.17) is 0 Å². The Bertz CT molecular complexity index is 1010. The zero-order chi connectivity index (χ0) is 17.8. The van der Waals surface area contributed by atoms with Gasteiger partial charge >= 0.3 is 12.2 Å². The maximum atomic E-state index is 13.4. The summed E-state index contributed by atoms with van der Waals surface area (Å²) in [5, 5.41) is 11.1. The van der Waals surface area contributed by atoms with E-state index in [1.165, 1.54) is 15.9 Å². The normalized spacial score (nSPS) is 17.4. The van der Waals surface area contributed by atoms with Crippen molar-refractivity contribution in [2.24, 2.45) is 0 Å². The Hall–Kier alpha value is -2.80. The lowest BCUT2D eigenvalue weighted by molar-refractivity contribution is -0.391. The molecule has 0 amide bonds. The van der Waals surface area contributed by atoms with Crippen molar-refractivity contribution in [3.8, 4) is 17.6 Å². The van der Waals surface area contributed by atoms with E-state index < -0.39 is 23.7 Å². The molecule has 1 aromatic carbocycles. The number of thiophene rings is 1. The van der Waals surface area contributed by atoms with Gasteiger partial charge in [0.25, 0.3) is 0 Å². The first-order valence-electron chi connectivity index (χ1n) is 6.91. The van der Waals surface area contributed by atoms with E-state index in [9.17, 15) is 22.8 Å². The summed E-state index contributed by atoms with van der Waals surface area (Å²) in [4.78, 5) is 4.95. The summed E-state index contributed by atoms with van der Waals surface area (Å²) in [5.41, 5.74) is 0.463. The SMILES string of the molecule is N#Cc1nc2cc3c(cc2n1Cc1cccs1)OC(F)(F)C(F)(F)O3. The van der Waals surface area contributed by atoms with Gasteiger partial charge in [0, 0.05) is 17.0 Å². The number of hydrogen-bond donors (Lipinski definition) is 0. The summed E-state index contributed by atoms with van der Waals surface area (Å²) in [6.45, 7) is 0.281. The molecule has 0 atom stereocenters. The van der Waals surface area contributed by atoms with E-state index in [1.54, 1.807) is 0 Å². The molecule has 1 aliphatic rings. The molecule has 0 bridgehead atoms. The molecule has 3 heterocycles. The number of alkyl halides is 4. The van der Waals surface area contributed by atoms with Crippen LogP contribution >= 0.6 is 11.3 Å². The van der Waals surface area contributed by atoms with E-state index in [0.29, 0.717) is 5.52 Å². The van der Waals surface area contributed by atoms with Gasteiger partial charge in [-0.05, 0) is 11.4 Å². The van der Waals surface area contributed by atoms with Crippen LogP contribution in [-0.2, 0) is 6.54 Å². The second kappa shape index (κ2) is 5.10. The molecule has 2 aromatic heterocycles. The van der Waals surface area contributed by atoms with Gasteiger partial charge < -0.3 is 14.0 Å². The second-order valence-corrected chi connectivity index (χ2v) is 6.27. The van der Waals surface area contributed by atoms with Crippen LogP contribution in [0.4, 0.5) is 17.6 Å². The van der Waals surface area contributed by atoms with Crippen molar-refractivity contribution in [1.82, 2.24) is 9.55 Å². The number of aromatic nitrogens is 2. The fraction of sp³-hybridized carbons (Fsp3) is 0.200. The van der Waals surface area contributed by atoms with Crippen molar-refractivity contribution in [2.45, 2.75) is 18.8 Å². The van der Waals surface area contributed by atoms with Gasteiger partial charge in [0.2, 0.25) is 5.82 Å². The molecule has 5 nitrogen and oxygen atoms in total. The summed E-state index contributed by atoms with van der Waals surface area (Å²) in [7, 11) is 0. The summed E-state index contributed by atoms with van der Waals surface area (Å²) in [5.74, 6) is -1.08. The third-order valence-electron chi connectivity index (χ3n) is 3.62. The smallest absolute Gasteiger partial charge is 0.421 e. The number of halogens is 4. The number of fused-ring (bicyclic) bond motifs is 2. The summed E-state index contributed by atoms with van der Waals surface area (Å²) >= 11 is 1.44. The van der Waals surface area contributed by atoms with Crippen LogP contribution in [0.2, 0.25) is 0 Å². The fourth-order valence-electron chi connectivity index (χ4n) is 2.49. The second-order valence-electron chi connectivity index (χ2n) is 5.24. The minimum Gasteiger partial charge on any atom is -0.421 e. The minimum atomic E-state index is -4.80. The molecule has 0 spiro atoms. The molecule has 25 heavy (non-hydrogen) atoms. The van der Waals surface area contributed by atoms with Crippen molar-refractivity contribution in [3.05, 3.63) is 40.3 Å².